The fourth-order valence-electron chi connectivity index (χ4n) is 4.47. The van der Waals surface area contributed by atoms with Crippen LogP contribution in [0.15, 0.2) is 83.1 Å². The van der Waals surface area contributed by atoms with Gasteiger partial charge in [0.1, 0.15) is 16.5 Å². The van der Waals surface area contributed by atoms with Gasteiger partial charge < -0.3 is 20.7 Å². The molecule has 3 aromatic carbocycles. The molecule has 0 bridgehead atoms. The lowest BCUT2D eigenvalue weighted by molar-refractivity contribution is 0.357. The van der Waals surface area contributed by atoms with Crippen LogP contribution in [0.2, 0.25) is 0 Å². The first kappa shape index (κ1) is 22.4. The van der Waals surface area contributed by atoms with Gasteiger partial charge in [-0.1, -0.05) is 42.5 Å². The standard InChI is InChI=1S/C26H21N3O5S/c1-15-6-2-3-7-17(15)14-29-20-9-5-4-8-18(20)24-25(35(29,32)33)23(19(13-27)26(28)34-24)16-10-11-21(30)22(31)12-16/h2-12,23,30-31H,14,28H2,1H3. The maximum Gasteiger partial charge on any atom is 0.265 e. The number of allylic oxidation sites excluding steroid dienone is 2. The molecule has 5 rings (SSSR count). The van der Waals surface area contributed by atoms with Gasteiger partial charge in [0.05, 0.1) is 18.2 Å². The summed E-state index contributed by atoms with van der Waals surface area (Å²) in [5.74, 6) is -2.15. The summed E-state index contributed by atoms with van der Waals surface area (Å²) in [6, 6.07) is 20.3. The molecule has 1 atom stereocenters. The Labute approximate surface area is 202 Å². The van der Waals surface area contributed by atoms with E-state index in [0.29, 0.717) is 11.3 Å². The van der Waals surface area contributed by atoms with E-state index in [4.69, 9.17) is 10.5 Å². The maximum absolute atomic E-state index is 14.2. The van der Waals surface area contributed by atoms with E-state index in [1.165, 1.54) is 22.5 Å². The number of ether oxygens (including phenoxy) is 1. The summed E-state index contributed by atoms with van der Waals surface area (Å²) in [6.45, 7) is 1.98. The van der Waals surface area contributed by atoms with Crippen molar-refractivity contribution in [2.75, 3.05) is 4.31 Å². The second kappa shape index (κ2) is 8.11. The van der Waals surface area contributed by atoms with Crippen LogP contribution < -0.4 is 10.0 Å². The molecule has 8 nitrogen and oxygen atoms in total. The number of nitrogens with two attached hydrogens (primary N) is 1. The molecular weight excluding hydrogens is 466 g/mol. The summed E-state index contributed by atoms with van der Waals surface area (Å²) in [5.41, 5.74) is 8.96. The van der Waals surface area contributed by atoms with Crippen LogP contribution in [0.5, 0.6) is 11.5 Å². The zero-order valence-corrected chi connectivity index (χ0v) is 19.5. The molecule has 1 unspecified atom stereocenters. The minimum Gasteiger partial charge on any atom is -0.504 e. The van der Waals surface area contributed by atoms with E-state index < -0.39 is 21.7 Å². The number of aryl methyl sites for hydroxylation is 1. The van der Waals surface area contributed by atoms with Gasteiger partial charge in [0.15, 0.2) is 17.3 Å². The number of anilines is 1. The van der Waals surface area contributed by atoms with Crippen molar-refractivity contribution in [3.8, 4) is 17.6 Å². The topological polar surface area (TPSA) is 137 Å². The minimum absolute atomic E-state index is 0.0377. The minimum atomic E-state index is -4.24. The van der Waals surface area contributed by atoms with Gasteiger partial charge in [-0.3, -0.25) is 4.31 Å². The second-order valence-corrected chi connectivity index (χ2v) is 10.2. The van der Waals surface area contributed by atoms with E-state index in [0.717, 1.165) is 11.1 Å². The SMILES string of the molecule is Cc1ccccc1CN1c2ccccc2C2=C(C(c3ccc(O)c(O)c3)C(C#N)=C(N)O2)S1(=O)=O. The number of benzene rings is 3. The van der Waals surface area contributed by atoms with Crippen LogP contribution in [0.25, 0.3) is 5.76 Å². The fourth-order valence-corrected chi connectivity index (χ4v) is 6.38. The average molecular weight is 488 g/mol. The number of aromatic hydroxyl groups is 2. The van der Waals surface area contributed by atoms with Crippen LogP contribution in [0.4, 0.5) is 5.69 Å². The highest BCUT2D eigenvalue weighted by Gasteiger charge is 2.47. The van der Waals surface area contributed by atoms with Crippen molar-refractivity contribution in [3.63, 3.8) is 0 Å². The van der Waals surface area contributed by atoms with Gasteiger partial charge in [-0.2, -0.15) is 5.26 Å². The third kappa shape index (κ3) is 3.47. The van der Waals surface area contributed by atoms with Crippen LogP contribution in [0.3, 0.4) is 0 Å². The molecule has 0 saturated heterocycles. The Bertz CT molecular complexity index is 1580. The maximum atomic E-state index is 14.2. The number of hydrogen-bond donors (Lipinski definition) is 3. The molecule has 2 aliphatic heterocycles. The van der Waals surface area contributed by atoms with Gasteiger partial charge in [-0.25, -0.2) is 8.42 Å². The van der Waals surface area contributed by atoms with Gasteiger partial charge in [-0.15, -0.1) is 0 Å². The van der Waals surface area contributed by atoms with Crippen molar-refractivity contribution in [3.05, 3.63) is 105 Å². The Morgan fingerprint density at radius 2 is 1.77 bits per heavy atom. The molecule has 0 radical (unpaired) electrons. The van der Waals surface area contributed by atoms with Crippen molar-refractivity contribution >= 4 is 21.5 Å². The first-order valence-corrected chi connectivity index (χ1v) is 12.2. The van der Waals surface area contributed by atoms with Crippen LogP contribution in [0, 0.1) is 18.3 Å². The third-order valence-electron chi connectivity index (χ3n) is 6.27. The quantitative estimate of drug-likeness (QED) is 0.476. The van der Waals surface area contributed by atoms with Crippen molar-refractivity contribution in [2.24, 2.45) is 5.73 Å². The summed E-state index contributed by atoms with van der Waals surface area (Å²) in [6.07, 6.45) is 0. The lowest BCUT2D eigenvalue weighted by atomic mass is 9.88. The van der Waals surface area contributed by atoms with Gasteiger partial charge in [-0.05, 0) is 47.9 Å². The van der Waals surface area contributed by atoms with Crippen LogP contribution in [-0.2, 0) is 21.3 Å². The number of hydrogen-bond acceptors (Lipinski definition) is 7. The number of para-hydroxylation sites is 1. The van der Waals surface area contributed by atoms with E-state index >= 15 is 0 Å². The first-order chi connectivity index (χ1) is 16.7. The smallest absolute Gasteiger partial charge is 0.265 e. The molecule has 176 valence electrons. The Hall–Kier alpha value is -4.42. The number of nitriles is 1. The molecule has 0 spiro atoms. The zero-order chi connectivity index (χ0) is 24.9. The molecule has 0 aromatic heterocycles. The van der Waals surface area contributed by atoms with Crippen molar-refractivity contribution < 1.29 is 23.4 Å². The van der Waals surface area contributed by atoms with E-state index in [-0.39, 0.29) is 40.0 Å². The lowest BCUT2D eigenvalue weighted by Crippen LogP contribution is -2.39. The monoisotopic (exact) mass is 487 g/mol. The zero-order valence-electron chi connectivity index (χ0n) is 18.6. The first-order valence-electron chi connectivity index (χ1n) is 10.7. The van der Waals surface area contributed by atoms with E-state index in [2.05, 4.69) is 0 Å². The average Bonchev–Trinajstić information content (AvgIpc) is 2.83. The van der Waals surface area contributed by atoms with Gasteiger partial charge in [0.25, 0.3) is 10.0 Å². The third-order valence-corrected chi connectivity index (χ3v) is 8.15. The number of phenolic OH excluding ortho intramolecular Hbond substituents is 2. The van der Waals surface area contributed by atoms with Gasteiger partial charge in [0, 0.05) is 5.56 Å². The number of fused-ring (bicyclic) bond motifs is 2. The molecule has 0 amide bonds. The Morgan fingerprint density at radius 3 is 2.49 bits per heavy atom. The predicted molar refractivity (Wildman–Crippen MR) is 130 cm³/mol. The van der Waals surface area contributed by atoms with Crippen LogP contribution >= 0.6 is 0 Å². The summed E-state index contributed by atoms with van der Waals surface area (Å²) >= 11 is 0. The van der Waals surface area contributed by atoms with Crippen LogP contribution in [-0.4, -0.2) is 18.6 Å². The molecular formula is C26H21N3O5S. The summed E-state index contributed by atoms with van der Waals surface area (Å²) < 4.78 is 35.5. The number of rotatable bonds is 3. The summed E-state index contributed by atoms with van der Waals surface area (Å²) in [4.78, 5) is -0.152. The highest BCUT2D eigenvalue weighted by atomic mass is 32.2. The molecule has 3 aromatic rings. The highest BCUT2D eigenvalue weighted by Crippen LogP contribution is 2.51. The Balaban J connectivity index is 1.78. The van der Waals surface area contributed by atoms with Crippen molar-refractivity contribution in [2.45, 2.75) is 19.4 Å². The number of nitrogens with zero attached hydrogens (tertiary/aromatic N) is 2. The molecule has 0 aliphatic carbocycles. The van der Waals surface area contributed by atoms with E-state index in [9.17, 15) is 23.9 Å². The van der Waals surface area contributed by atoms with Gasteiger partial charge in [0.2, 0.25) is 5.88 Å². The Kier molecular flexibility index (Phi) is 5.19. The number of sulfonamides is 1. The molecule has 9 heteroatoms. The van der Waals surface area contributed by atoms with E-state index in [1.54, 1.807) is 24.3 Å². The fraction of sp³-hybridized carbons (Fsp3) is 0.115. The molecule has 0 saturated carbocycles. The second-order valence-electron chi connectivity index (χ2n) is 8.32. The van der Waals surface area contributed by atoms with Crippen molar-refractivity contribution in [1.82, 2.24) is 0 Å². The molecule has 2 heterocycles. The molecule has 35 heavy (non-hydrogen) atoms. The molecule has 2 aliphatic rings. The molecule has 4 N–H and O–H groups in total. The Morgan fingerprint density at radius 1 is 1.06 bits per heavy atom. The largest absolute Gasteiger partial charge is 0.504 e. The summed E-state index contributed by atoms with van der Waals surface area (Å²) in [7, 11) is -4.24. The predicted octanol–water partition coefficient (Wildman–Crippen LogP) is 3.93. The normalized spacial score (nSPS) is 18.4. The van der Waals surface area contributed by atoms with Gasteiger partial charge >= 0.3 is 0 Å². The molecule has 0 fully saturated rings. The lowest BCUT2D eigenvalue weighted by Gasteiger charge is -2.38. The highest BCUT2D eigenvalue weighted by molar-refractivity contribution is 7.96. The number of phenols is 2. The van der Waals surface area contributed by atoms with Crippen molar-refractivity contribution in [1.29, 1.82) is 5.26 Å². The summed E-state index contributed by atoms with van der Waals surface area (Å²) in [5, 5.41) is 29.8. The van der Waals surface area contributed by atoms with E-state index in [1.807, 2.05) is 37.3 Å². The van der Waals surface area contributed by atoms with Crippen LogP contribution in [0.1, 0.15) is 28.2 Å².